The van der Waals surface area contributed by atoms with Crippen molar-refractivity contribution in [1.82, 2.24) is 20.0 Å². The topological polar surface area (TPSA) is 50.2 Å². The number of piperidine rings is 1. The van der Waals surface area contributed by atoms with Crippen LogP contribution in [0.25, 0.3) is 0 Å². The number of carbonyl (C=O) groups is 1. The Morgan fingerprint density at radius 1 is 1.33 bits per heavy atom. The molecule has 1 N–H and O–H groups in total. The number of aromatic nitrogens is 2. The van der Waals surface area contributed by atoms with Gasteiger partial charge >= 0.3 is 0 Å². The van der Waals surface area contributed by atoms with Crippen LogP contribution in [0.15, 0.2) is 36.7 Å². The van der Waals surface area contributed by atoms with Gasteiger partial charge in [-0.05, 0) is 56.3 Å². The molecule has 1 aromatic carbocycles. The smallest absolute Gasteiger partial charge is 0.254 e. The molecule has 0 radical (unpaired) electrons. The van der Waals surface area contributed by atoms with E-state index >= 15 is 0 Å². The molecule has 6 heteroatoms. The van der Waals surface area contributed by atoms with Crippen molar-refractivity contribution in [2.45, 2.75) is 39.2 Å². The van der Waals surface area contributed by atoms with Crippen LogP contribution >= 0.6 is 11.6 Å². The van der Waals surface area contributed by atoms with Crippen LogP contribution in [0.3, 0.4) is 0 Å². The van der Waals surface area contributed by atoms with Gasteiger partial charge < -0.3 is 10.2 Å². The average molecular weight is 389 g/mol. The molecule has 27 heavy (non-hydrogen) atoms. The van der Waals surface area contributed by atoms with Crippen LogP contribution < -0.4 is 5.32 Å². The van der Waals surface area contributed by atoms with Crippen LogP contribution in [0.4, 0.5) is 0 Å². The second-order valence-electron chi connectivity index (χ2n) is 7.53. The first-order valence-corrected chi connectivity index (χ1v) is 10.3. The summed E-state index contributed by atoms with van der Waals surface area (Å²) in [6.45, 7) is 7.17. The van der Waals surface area contributed by atoms with Crippen LogP contribution in [-0.2, 0) is 6.54 Å². The number of rotatable bonds is 8. The minimum atomic E-state index is -0.0630. The summed E-state index contributed by atoms with van der Waals surface area (Å²) >= 11 is 6.18. The van der Waals surface area contributed by atoms with Crippen LogP contribution in [-0.4, -0.2) is 46.8 Å². The SMILES string of the molecule is CC1CCCN(CCCCNC(=O)c2cnn(Cc3ccccc3Cl)c2)C1. The molecule has 3 rings (SSSR count). The summed E-state index contributed by atoms with van der Waals surface area (Å²) in [6.07, 6.45) is 8.19. The molecule has 2 heterocycles. The lowest BCUT2D eigenvalue weighted by Crippen LogP contribution is -2.35. The van der Waals surface area contributed by atoms with Gasteiger partial charge in [-0.3, -0.25) is 9.48 Å². The van der Waals surface area contributed by atoms with Gasteiger partial charge in [0.2, 0.25) is 0 Å². The lowest BCUT2D eigenvalue weighted by atomic mass is 10.0. The average Bonchev–Trinajstić information content (AvgIpc) is 3.12. The highest BCUT2D eigenvalue weighted by Gasteiger charge is 2.15. The third-order valence-electron chi connectivity index (χ3n) is 5.11. The minimum Gasteiger partial charge on any atom is -0.352 e. The van der Waals surface area contributed by atoms with Crippen molar-refractivity contribution in [1.29, 1.82) is 0 Å². The number of hydrogen-bond donors (Lipinski definition) is 1. The molecule has 1 aliphatic heterocycles. The molecule has 5 nitrogen and oxygen atoms in total. The summed E-state index contributed by atoms with van der Waals surface area (Å²) in [4.78, 5) is 14.8. The lowest BCUT2D eigenvalue weighted by molar-refractivity contribution is 0.0952. The number of nitrogens with one attached hydrogen (secondary N) is 1. The molecule has 0 aliphatic carbocycles. The molecule has 1 unspecified atom stereocenters. The second-order valence-corrected chi connectivity index (χ2v) is 7.94. The van der Waals surface area contributed by atoms with Gasteiger partial charge in [-0.15, -0.1) is 0 Å². The maximum Gasteiger partial charge on any atom is 0.254 e. The van der Waals surface area contributed by atoms with Crippen molar-refractivity contribution in [2.75, 3.05) is 26.2 Å². The van der Waals surface area contributed by atoms with Crippen molar-refractivity contribution in [3.05, 3.63) is 52.8 Å². The largest absolute Gasteiger partial charge is 0.352 e. The van der Waals surface area contributed by atoms with Gasteiger partial charge in [0, 0.05) is 24.3 Å². The van der Waals surface area contributed by atoms with Crippen molar-refractivity contribution < 1.29 is 4.79 Å². The molecule has 1 aliphatic rings. The predicted molar refractivity (Wildman–Crippen MR) is 109 cm³/mol. The van der Waals surface area contributed by atoms with E-state index < -0.39 is 0 Å². The first kappa shape index (κ1) is 19.9. The van der Waals surface area contributed by atoms with Gasteiger partial charge in [-0.2, -0.15) is 5.10 Å². The number of unbranched alkanes of at least 4 members (excludes halogenated alkanes) is 1. The zero-order valence-corrected chi connectivity index (χ0v) is 16.8. The molecule has 2 aromatic rings. The fourth-order valence-corrected chi connectivity index (χ4v) is 3.82. The number of nitrogens with zero attached hydrogens (tertiary/aromatic N) is 3. The lowest BCUT2D eigenvalue weighted by Gasteiger charge is -2.30. The number of halogens is 1. The highest BCUT2D eigenvalue weighted by molar-refractivity contribution is 6.31. The number of benzene rings is 1. The van der Waals surface area contributed by atoms with Crippen LogP contribution in [0, 0.1) is 5.92 Å². The highest BCUT2D eigenvalue weighted by atomic mass is 35.5. The van der Waals surface area contributed by atoms with Crippen molar-refractivity contribution in [3.8, 4) is 0 Å². The van der Waals surface area contributed by atoms with E-state index in [0.29, 0.717) is 23.7 Å². The Morgan fingerprint density at radius 2 is 2.19 bits per heavy atom. The Kier molecular flexibility index (Phi) is 7.30. The third kappa shape index (κ3) is 6.08. The maximum absolute atomic E-state index is 12.3. The molecule has 0 bridgehead atoms. The normalized spacial score (nSPS) is 17.8. The zero-order valence-electron chi connectivity index (χ0n) is 16.0. The molecule has 1 fully saturated rings. The Balaban J connectivity index is 1.37. The van der Waals surface area contributed by atoms with Gasteiger partial charge in [0.1, 0.15) is 0 Å². The third-order valence-corrected chi connectivity index (χ3v) is 5.48. The first-order valence-electron chi connectivity index (χ1n) is 9.88. The summed E-state index contributed by atoms with van der Waals surface area (Å²) in [5.41, 5.74) is 1.58. The first-order chi connectivity index (χ1) is 13.1. The minimum absolute atomic E-state index is 0.0630. The molecule has 1 saturated heterocycles. The van der Waals surface area contributed by atoms with Crippen molar-refractivity contribution in [2.24, 2.45) is 5.92 Å². The van der Waals surface area contributed by atoms with E-state index in [2.05, 4.69) is 22.2 Å². The van der Waals surface area contributed by atoms with Gasteiger partial charge in [-0.1, -0.05) is 36.7 Å². The number of likely N-dealkylation sites (tertiary alicyclic amines) is 1. The van der Waals surface area contributed by atoms with E-state index in [1.807, 2.05) is 24.3 Å². The monoisotopic (exact) mass is 388 g/mol. The molecule has 0 saturated carbocycles. The van der Waals surface area contributed by atoms with Crippen molar-refractivity contribution >= 4 is 17.5 Å². The second kappa shape index (κ2) is 9.90. The summed E-state index contributed by atoms with van der Waals surface area (Å²) in [6, 6.07) is 7.67. The maximum atomic E-state index is 12.3. The van der Waals surface area contributed by atoms with Crippen LogP contribution in [0.5, 0.6) is 0 Å². The Hall–Kier alpha value is -1.85. The van der Waals surface area contributed by atoms with E-state index in [9.17, 15) is 4.79 Å². The standard InChI is InChI=1S/C21H29ClN4O/c1-17-7-6-12-25(14-17)11-5-4-10-23-21(27)19-13-24-26(16-19)15-18-8-2-3-9-20(18)22/h2-3,8-9,13,16-17H,4-7,10-12,14-15H2,1H3,(H,23,27). The molecule has 1 amide bonds. The summed E-state index contributed by atoms with van der Waals surface area (Å²) in [5, 5.41) is 7.98. The van der Waals surface area contributed by atoms with Gasteiger partial charge in [0.05, 0.1) is 18.3 Å². The number of amides is 1. The molecule has 1 aromatic heterocycles. The van der Waals surface area contributed by atoms with Crippen LogP contribution in [0.1, 0.15) is 48.5 Å². The fraction of sp³-hybridized carbons (Fsp3) is 0.524. The quantitative estimate of drug-likeness (QED) is 0.699. The van der Waals surface area contributed by atoms with E-state index in [4.69, 9.17) is 11.6 Å². The number of hydrogen-bond acceptors (Lipinski definition) is 3. The molecular weight excluding hydrogens is 360 g/mol. The van der Waals surface area contributed by atoms with E-state index in [1.165, 1.54) is 25.9 Å². The molecule has 146 valence electrons. The van der Waals surface area contributed by atoms with Gasteiger partial charge in [0.15, 0.2) is 0 Å². The molecule has 0 spiro atoms. The predicted octanol–water partition coefficient (Wildman–Crippen LogP) is 3.83. The van der Waals surface area contributed by atoms with Crippen molar-refractivity contribution in [3.63, 3.8) is 0 Å². The number of carbonyl (C=O) groups excluding carboxylic acids is 1. The summed E-state index contributed by atoms with van der Waals surface area (Å²) < 4.78 is 1.74. The molecule has 1 atom stereocenters. The Morgan fingerprint density at radius 3 is 3.00 bits per heavy atom. The van der Waals surface area contributed by atoms with E-state index in [0.717, 1.165) is 30.9 Å². The van der Waals surface area contributed by atoms with E-state index in [1.54, 1.807) is 17.1 Å². The Labute approximate surface area is 166 Å². The van der Waals surface area contributed by atoms with Gasteiger partial charge in [-0.25, -0.2) is 0 Å². The Bertz CT molecular complexity index is 745. The highest BCUT2D eigenvalue weighted by Crippen LogP contribution is 2.16. The summed E-state index contributed by atoms with van der Waals surface area (Å²) in [7, 11) is 0. The van der Waals surface area contributed by atoms with Gasteiger partial charge in [0.25, 0.3) is 5.91 Å². The zero-order chi connectivity index (χ0) is 19.1. The molecular formula is C21H29ClN4O. The van der Waals surface area contributed by atoms with Crippen LogP contribution in [0.2, 0.25) is 5.02 Å². The van der Waals surface area contributed by atoms with E-state index in [-0.39, 0.29) is 5.91 Å². The fourth-order valence-electron chi connectivity index (χ4n) is 3.62. The summed E-state index contributed by atoms with van der Waals surface area (Å²) in [5.74, 6) is 0.757.